The van der Waals surface area contributed by atoms with Crippen molar-refractivity contribution in [1.29, 1.82) is 0 Å². The average molecular weight is 390 g/mol. The normalized spacial score (nSPS) is 20.5. The van der Waals surface area contributed by atoms with Gasteiger partial charge in [-0.15, -0.1) is 0 Å². The zero-order valence-corrected chi connectivity index (χ0v) is 15.9. The fourth-order valence-corrected chi connectivity index (χ4v) is 3.79. The molecule has 1 aliphatic heterocycles. The summed E-state index contributed by atoms with van der Waals surface area (Å²) in [5.41, 5.74) is 0.540. The van der Waals surface area contributed by atoms with Crippen LogP contribution in [0.4, 0.5) is 5.69 Å². The van der Waals surface area contributed by atoms with Crippen LogP contribution in [0.15, 0.2) is 66.7 Å². The van der Waals surface area contributed by atoms with Gasteiger partial charge in [0.15, 0.2) is 5.75 Å². The van der Waals surface area contributed by atoms with Crippen LogP contribution in [0, 0.1) is 11.8 Å². The molecule has 6 nitrogen and oxygen atoms in total. The number of carbonyl (C=O) groups is 3. The number of allylic oxidation sites excluding steroid dienone is 2. The Labute approximate surface area is 169 Å². The Balaban J connectivity index is 1.37. The molecule has 0 saturated carbocycles. The number of nitrogens with one attached hydrogen (secondary N) is 1. The summed E-state index contributed by atoms with van der Waals surface area (Å²) in [5, 5.41) is 2.82. The molecule has 2 atom stereocenters. The monoisotopic (exact) mass is 390 g/mol. The third-order valence-electron chi connectivity index (χ3n) is 5.29. The quantitative estimate of drug-likeness (QED) is 0.602. The van der Waals surface area contributed by atoms with Gasteiger partial charge in [0.1, 0.15) is 5.75 Å². The third-order valence-corrected chi connectivity index (χ3v) is 5.29. The predicted octanol–water partition coefficient (Wildman–Crippen LogP) is 3.76. The minimum absolute atomic E-state index is 0.0457. The Morgan fingerprint density at radius 3 is 2.24 bits per heavy atom. The van der Waals surface area contributed by atoms with E-state index in [1.165, 1.54) is 4.90 Å². The molecule has 29 heavy (non-hydrogen) atoms. The number of anilines is 1. The Morgan fingerprint density at radius 1 is 0.931 bits per heavy atom. The fraction of sp³-hybridized carbons (Fsp3) is 0.261. The van der Waals surface area contributed by atoms with Gasteiger partial charge >= 0.3 is 0 Å². The Morgan fingerprint density at radius 2 is 1.55 bits per heavy atom. The van der Waals surface area contributed by atoms with Gasteiger partial charge < -0.3 is 10.1 Å². The number of hydrogen-bond donors (Lipinski definition) is 1. The summed E-state index contributed by atoms with van der Waals surface area (Å²) in [6.07, 6.45) is 5.15. The van der Waals surface area contributed by atoms with Gasteiger partial charge in [0, 0.05) is 13.0 Å². The van der Waals surface area contributed by atoms with E-state index in [1.54, 1.807) is 18.2 Å². The van der Waals surface area contributed by atoms with Gasteiger partial charge in [0.25, 0.3) is 0 Å². The number of imide groups is 1. The number of likely N-dealkylation sites (tertiary alicyclic amines) is 1. The van der Waals surface area contributed by atoms with Crippen LogP contribution in [0.1, 0.15) is 19.3 Å². The van der Waals surface area contributed by atoms with E-state index in [2.05, 4.69) is 5.32 Å². The number of nitrogens with zero attached hydrogens (tertiary/aromatic N) is 1. The van der Waals surface area contributed by atoms with Gasteiger partial charge in [-0.2, -0.15) is 0 Å². The lowest BCUT2D eigenvalue weighted by molar-refractivity contribution is -0.140. The lowest BCUT2D eigenvalue weighted by atomic mass is 9.85. The van der Waals surface area contributed by atoms with Gasteiger partial charge in [0.05, 0.1) is 17.5 Å². The van der Waals surface area contributed by atoms with Gasteiger partial charge in [-0.3, -0.25) is 19.3 Å². The molecular weight excluding hydrogens is 368 g/mol. The summed E-state index contributed by atoms with van der Waals surface area (Å²) in [6, 6.07) is 16.4. The molecule has 1 N–H and O–H groups in total. The highest BCUT2D eigenvalue weighted by molar-refractivity contribution is 6.06. The number of fused-ring (bicyclic) bond motifs is 1. The highest BCUT2D eigenvalue weighted by Gasteiger charge is 2.46. The lowest BCUT2D eigenvalue weighted by Crippen LogP contribution is -2.34. The van der Waals surface area contributed by atoms with Crippen molar-refractivity contribution in [3.05, 3.63) is 66.7 Å². The molecule has 148 valence electrons. The SMILES string of the molecule is O=C(CCN1C(=O)C2CC=CCC2C1=O)Nc1ccccc1Oc1ccccc1. The molecule has 0 aromatic heterocycles. The first kappa shape index (κ1) is 18.9. The molecule has 1 aliphatic carbocycles. The number of amides is 3. The van der Waals surface area contributed by atoms with Gasteiger partial charge in [-0.25, -0.2) is 0 Å². The largest absolute Gasteiger partial charge is 0.455 e. The van der Waals surface area contributed by atoms with Crippen molar-refractivity contribution in [3.8, 4) is 11.5 Å². The summed E-state index contributed by atoms with van der Waals surface area (Å²) >= 11 is 0. The van der Waals surface area contributed by atoms with E-state index < -0.39 is 0 Å². The highest BCUT2D eigenvalue weighted by Crippen LogP contribution is 2.35. The van der Waals surface area contributed by atoms with E-state index in [9.17, 15) is 14.4 Å². The predicted molar refractivity (Wildman–Crippen MR) is 108 cm³/mol. The van der Waals surface area contributed by atoms with Crippen LogP contribution in [0.2, 0.25) is 0 Å². The number of ether oxygens (including phenoxy) is 1. The maximum absolute atomic E-state index is 12.5. The topological polar surface area (TPSA) is 75.7 Å². The highest BCUT2D eigenvalue weighted by atomic mass is 16.5. The van der Waals surface area contributed by atoms with Crippen LogP contribution >= 0.6 is 0 Å². The van der Waals surface area contributed by atoms with Crippen LogP contribution in [0.3, 0.4) is 0 Å². The van der Waals surface area contributed by atoms with Crippen LogP contribution in [0.25, 0.3) is 0 Å². The summed E-state index contributed by atoms with van der Waals surface area (Å²) in [7, 11) is 0. The van der Waals surface area contributed by atoms with E-state index in [4.69, 9.17) is 4.74 Å². The van der Waals surface area contributed by atoms with Gasteiger partial charge in [0.2, 0.25) is 17.7 Å². The van der Waals surface area contributed by atoms with Crippen molar-refractivity contribution in [1.82, 2.24) is 4.90 Å². The second-order valence-electron chi connectivity index (χ2n) is 7.19. The lowest BCUT2D eigenvalue weighted by Gasteiger charge is -2.15. The maximum atomic E-state index is 12.5. The first-order valence-corrected chi connectivity index (χ1v) is 9.75. The summed E-state index contributed by atoms with van der Waals surface area (Å²) in [6.45, 7) is 0.0954. The van der Waals surface area contributed by atoms with E-state index in [1.807, 2.05) is 48.6 Å². The molecule has 2 unspecified atom stereocenters. The zero-order valence-electron chi connectivity index (χ0n) is 15.9. The van der Waals surface area contributed by atoms with Crippen molar-refractivity contribution >= 4 is 23.4 Å². The number of carbonyl (C=O) groups excluding carboxylic acids is 3. The second-order valence-corrected chi connectivity index (χ2v) is 7.19. The van der Waals surface area contributed by atoms with Crippen LogP contribution in [-0.2, 0) is 14.4 Å². The van der Waals surface area contributed by atoms with Crippen molar-refractivity contribution in [2.24, 2.45) is 11.8 Å². The summed E-state index contributed by atoms with van der Waals surface area (Å²) < 4.78 is 5.85. The minimum Gasteiger partial charge on any atom is -0.455 e. The third kappa shape index (κ3) is 4.06. The molecule has 0 bridgehead atoms. The van der Waals surface area contributed by atoms with E-state index in [-0.39, 0.29) is 42.5 Å². The van der Waals surface area contributed by atoms with Crippen molar-refractivity contribution in [2.45, 2.75) is 19.3 Å². The van der Waals surface area contributed by atoms with Gasteiger partial charge in [-0.05, 0) is 37.1 Å². The molecule has 1 fully saturated rings. The smallest absolute Gasteiger partial charge is 0.233 e. The van der Waals surface area contributed by atoms with E-state index >= 15 is 0 Å². The molecule has 2 aromatic rings. The maximum Gasteiger partial charge on any atom is 0.233 e. The molecular formula is C23H22N2O4. The van der Waals surface area contributed by atoms with Crippen LogP contribution in [-0.4, -0.2) is 29.2 Å². The number of rotatable bonds is 6. The molecule has 2 aromatic carbocycles. The molecule has 0 spiro atoms. The Kier molecular flexibility index (Phi) is 5.42. The van der Waals surface area contributed by atoms with Crippen LogP contribution in [0.5, 0.6) is 11.5 Å². The van der Waals surface area contributed by atoms with Crippen molar-refractivity contribution < 1.29 is 19.1 Å². The Bertz CT molecular complexity index is 928. The molecule has 1 saturated heterocycles. The van der Waals surface area contributed by atoms with Gasteiger partial charge in [-0.1, -0.05) is 42.5 Å². The molecule has 1 heterocycles. The van der Waals surface area contributed by atoms with Crippen molar-refractivity contribution in [2.75, 3.05) is 11.9 Å². The first-order chi connectivity index (χ1) is 14.1. The fourth-order valence-electron chi connectivity index (χ4n) is 3.79. The molecule has 2 aliphatic rings. The second kappa shape index (κ2) is 8.31. The molecule has 6 heteroatoms. The zero-order chi connectivity index (χ0) is 20.2. The summed E-state index contributed by atoms with van der Waals surface area (Å²) in [4.78, 5) is 38.7. The standard InChI is InChI=1S/C23H22N2O4/c26-21(14-15-25-22(27)17-10-4-5-11-18(17)23(25)28)24-19-12-6-7-13-20(19)29-16-8-2-1-3-9-16/h1-9,12-13,17-18H,10-11,14-15H2,(H,24,26). The average Bonchev–Trinajstić information content (AvgIpc) is 2.99. The Hall–Kier alpha value is -3.41. The molecule has 4 rings (SSSR count). The first-order valence-electron chi connectivity index (χ1n) is 9.75. The number of benzene rings is 2. The van der Waals surface area contributed by atoms with Crippen LogP contribution < -0.4 is 10.1 Å². The molecule has 3 amide bonds. The summed E-state index contributed by atoms with van der Waals surface area (Å²) in [5.74, 6) is 0.0555. The minimum atomic E-state index is -0.275. The van der Waals surface area contributed by atoms with E-state index in [0.29, 0.717) is 30.0 Å². The van der Waals surface area contributed by atoms with Crippen molar-refractivity contribution in [3.63, 3.8) is 0 Å². The van der Waals surface area contributed by atoms with E-state index in [0.717, 1.165) is 0 Å². The number of hydrogen-bond acceptors (Lipinski definition) is 4. The molecule has 0 radical (unpaired) electrons. The number of para-hydroxylation sites is 3.